The molecule has 1 heterocycles. The van der Waals surface area contributed by atoms with Crippen LogP contribution in [-0.2, 0) is 64.0 Å². The fourth-order valence-electron chi connectivity index (χ4n) is 7.01. The molecule has 0 radical (unpaired) electrons. The van der Waals surface area contributed by atoms with Crippen LogP contribution in [-0.4, -0.2) is 158 Å². The standard InChI is InChI=1S/C42H63N11O16/c1-3-20(2)34(40(66)48-25(12-15-33(59)60)36(62)49-26(42(68)69)11-14-31(45)57)52-39(65)29-5-4-16-53(29)41(67)28(17-21-6-8-22(55)9-7-21)51-38(64)27(18-32(46)58)50-37(63)24(10-13-30(44)56)47-35(61)23(43)19-54/h6-9,20,23-29,34,54-55H,3-5,10-19,43H2,1-2H3,(H2,44,56)(H2,45,57)(H2,46,58)(H,47,61)(H,48,66)(H,49,62)(H,50,63)(H,51,64)(H,52,65)(H,59,60)(H,68,69)/t20-,23-,24-,25-,26-,27-,28-,29-,34-/m0/s1. The van der Waals surface area contributed by atoms with Gasteiger partial charge in [0.2, 0.25) is 59.1 Å². The summed E-state index contributed by atoms with van der Waals surface area (Å²) in [6.07, 6.45) is -3.38. The molecule has 1 aliphatic heterocycles. The molecule has 2 rings (SSSR count). The van der Waals surface area contributed by atoms with Gasteiger partial charge in [-0.15, -0.1) is 0 Å². The number of aromatic hydroxyl groups is 1. The number of carbonyl (C=O) groups excluding carboxylic acids is 10. The lowest BCUT2D eigenvalue weighted by Crippen LogP contribution is -2.61. The molecule has 0 bridgehead atoms. The van der Waals surface area contributed by atoms with Crippen molar-refractivity contribution in [3.05, 3.63) is 29.8 Å². The lowest BCUT2D eigenvalue weighted by Gasteiger charge is -2.32. The van der Waals surface area contributed by atoms with E-state index < -0.39 is 177 Å². The van der Waals surface area contributed by atoms with Gasteiger partial charge >= 0.3 is 11.9 Å². The van der Waals surface area contributed by atoms with E-state index in [0.29, 0.717) is 5.56 Å². The average Bonchev–Trinajstić information content (AvgIpc) is 3.78. The number of aliphatic hydroxyl groups is 1. The van der Waals surface area contributed by atoms with Crippen LogP contribution in [0, 0.1) is 5.92 Å². The average molecular weight is 978 g/mol. The van der Waals surface area contributed by atoms with Crippen LogP contribution >= 0.6 is 0 Å². The van der Waals surface area contributed by atoms with Crippen molar-refractivity contribution in [3.8, 4) is 5.75 Å². The maximum absolute atomic E-state index is 14.5. The minimum Gasteiger partial charge on any atom is -0.508 e. The fourth-order valence-corrected chi connectivity index (χ4v) is 7.01. The van der Waals surface area contributed by atoms with Gasteiger partial charge in [-0.05, 0) is 55.7 Å². The van der Waals surface area contributed by atoms with Crippen molar-refractivity contribution in [2.24, 2.45) is 28.9 Å². The number of carboxylic acid groups (broad SMARTS) is 2. The first-order valence-electron chi connectivity index (χ1n) is 21.9. The second-order valence-corrected chi connectivity index (χ2v) is 16.5. The van der Waals surface area contributed by atoms with Gasteiger partial charge in [0.05, 0.1) is 13.0 Å². The summed E-state index contributed by atoms with van der Waals surface area (Å²) in [6, 6.07) is -6.88. The molecule has 0 unspecified atom stereocenters. The van der Waals surface area contributed by atoms with Gasteiger partial charge in [0, 0.05) is 32.2 Å². The molecule has 27 heteroatoms. The minimum absolute atomic E-state index is 0.0460. The third-order valence-electron chi connectivity index (χ3n) is 11.1. The third kappa shape index (κ3) is 19.4. The summed E-state index contributed by atoms with van der Waals surface area (Å²) in [5, 5.41) is 52.3. The largest absolute Gasteiger partial charge is 0.508 e. The number of amides is 10. The Balaban J connectivity index is 2.46. The molecule has 9 atom stereocenters. The molecule has 1 saturated heterocycles. The van der Waals surface area contributed by atoms with Crippen molar-refractivity contribution in [1.29, 1.82) is 0 Å². The molecular formula is C42H63N11O16. The van der Waals surface area contributed by atoms with Crippen molar-refractivity contribution in [1.82, 2.24) is 36.8 Å². The number of phenolic OH excluding ortho intramolecular Hbond substituents is 1. The predicted octanol–water partition coefficient (Wildman–Crippen LogP) is -5.44. The molecular weight excluding hydrogens is 915 g/mol. The van der Waals surface area contributed by atoms with E-state index in [1.165, 1.54) is 24.3 Å². The smallest absolute Gasteiger partial charge is 0.326 e. The molecule has 10 amide bonds. The van der Waals surface area contributed by atoms with Crippen LogP contribution in [0.15, 0.2) is 24.3 Å². The number of benzene rings is 1. The number of aliphatic hydroxyl groups excluding tert-OH is 1. The normalized spacial score (nSPS) is 16.6. The highest BCUT2D eigenvalue weighted by Gasteiger charge is 2.41. The maximum atomic E-state index is 14.5. The number of phenols is 1. The van der Waals surface area contributed by atoms with E-state index in [1.54, 1.807) is 13.8 Å². The first-order chi connectivity index (χ1) is 32.4. The van der Waals surface area contributed by atoms with Gasteiger partial charge in [0.15, 0.2) is 0 Å². The SMILES string of the molecule is CC[C@H](C)[C@H](NC(=O)[C@@H]1CCCN1C(=O)[C@H](Cc1ccc(O)cc1)NC(=O)[C@H](CC(N)=O)NC(=O)[C@H](CCC(N)=O)NC(=O)[C@@H](N)CO)C(=O)N[C@@H](CCC(=O)O)C(=O)N[C@@H](CCC(N)=O)C(=O)O. The second-order valence-electron chi connectivity index (χ2n) is 16.5. The number of carboxylic acids is 2. The number of nitrogens with two attached hydrogens (primary N) is 4. The van der Waals surface area contributed by atoms with Crippen molar-refractivity contribution in [2.45, 2.75) is 133 Å². The Morgan fingerprint density at radius 3 is 1.67 bits per heavy atom. The fraction of sp³-hybridized carbons (Fsp3) is 0.571. The number of hydrogen-bond acceptors (Lipinski definition) is 15. The summed E-state index contributed by atoms with van der Waals surface area (Å²) in [7, 11) is 0. The van der Waals surface area contributed by atoms with Gasteiger partial charge in [-0.2, -0.15) is 0 Å². The van der Waals surface area contributed by atoms with Crippen LogP contribution in [0.1, 0.15) is 83.6 Å². The van der Waals surface area contributed by atoms with Crippen LogP contribution in [0.5, 0.6) is 5.75 Å². The first-order valence-corrected chi connectivity index (χ1v) is 21.9. The van der Waals surface area contributed by atoms with Crippen LogP contribution < -0.4 is 54.8 Å². The Bertz CT molecular complexity index is 2060. The molecule has 1 fully saturated rings. The van der Waals surface area contributed by atoms with Gasteiger partial charge < -0.3 is 80.2 Å². The van der Waals surface area contributed by atoms with E-state index in [-0.39, 0.29) is 38.0 Å². The molecule has 69 heavy (non-hydrogen) atoms. The molecule has 1 aliphatic rings. The quantitative estimate of drug-likeness (QED) is 0.0342. The number of nitrogens with zero attached hydrogens (tertiary/aromatic N) is 1. The Morgan fingerprint density at radius 1 is 0.667 bits per heavy atom. The number of primary amides is 3. The number of aliphatic carboxylic acids is 2. The van der Waals surface area contributed by atoms with Crippen molar-refractivity contribution >= 4 is 71.0 Å². The topological polar surface area (TPSA) is 465 Å². The van der Waals surface area contributed by atoms with Gasteiger partial charge in [-0.1, -0.05) is 32.4 Å². The van der Waals surface area contributed by atoms with Crippen molar-refractivity contribution < 1.29 is 78.0 Å². The first kappa shape index (κ1) is 57.7. The van der Waals surface area contributed by atoms with Crippen LogP contribution in [0.2, 0.25) is 0 Å². The molecule has 0 aromatic heterocycles. The van der Waals surface area contributed by atoms with Crippen molar-refractivity contribution in [2.75, 3.05) is 13.2 Å². The van der Waals surface area contributed by atoms with Gasteiger partial charge in [-0.3, -0.25) is 52.7 Å². The van der Waals surface area contributed by atoms with Gasteiger partial charge in [0.25, 0.3) is 0 Å². The zero-order valence-electron chi connectivity index (χ0n) is 38.1. The summed E-state index contributed by atoms with van der Waals surface area (Å²) >= 11 is 0. The van der Waals surface area contributed by atoms with E-state index in [1.807, 2.05) is 0 Å². The summed E-state index contributed by atoms with van der Waals surface area (Å²) in [5.41, 5.74) is 21.7. The Kier molecular flexibility index (Phi) is 23.4. The molecule has 1 aromatic carbocycles. The highest BCUT2D eigenvalue weighted by atomic mass is 16.4. The van der Waals surface area contributed by atoms with E-state index in [2.05, 4.69) is 31.9 Å². The van der Waals surface area contributed by atoms with E-state index in [9.17, 15) is 78.0 Å². The molecule has 18 N–H and O–H groups in total. The number of likely N-dealkylation sites (tertiary alicyclic amines) is 1. The van der Waals surface area contributed by atoms with Crippen LogP contribution in [0.4, 0.5) is 0 Å². The third-order valence-corrected chi connectivity index (χ3v) is 11.1. The zero-order chi connectivity index (χ0) is 52.1. The van der Waals surface area contributed by atoms with E-state index >= 15 is 0 Å². The molecule has 27 nitrogen and oxygen atoms in total. The van der Waals surface area contributed by atoms with Crippen LogP contribution in [0.3, 0.4) is 0 Å². The highest BCUT2D eigenvalue weighted by Crippen LogP contribution is 2.22. The Hall–Kier alpha value is -7.42. The van der Waals surface area contributed by atoms with E-state index in [0.717, 1.165) is 4.90 Å². The highest BCUT2D eigenvalue weighted by molar-refractivity contribution is 5.99. The minimum atomic E-state index is -1.80. The molecule has 1 aromatic rings. The Labute approximate surface area is 395 Å². The summed E-state index contributed by atoms with van der Waals surface area (Å²) < 4.78 is 0. The lowest BCUT2D eigenvalue weighted by molar-refractivity contribution is -0.144. The number of nitrogens with one attached hydrogen (secondary N) is 6. The number of carbonyl (C=O) groups is 12. The number of hydrogen-bond donors (Lipinski definition) is 14. The van der Waals surface area contributed by atoms with Gasteiger partial charge in [0.1, 0.15) is 54.1 Å². The summed E-state index contributed by atoms with van der Waals surface area (Å²) in [5.74, 6) is -13.5. The maximum Gasteiger partial charge on any atom is 0.326 e. The predicted molar refractivity (Wildman–Crippen MR) is 238 cm³/mol. The molecule has 382 valence electrons. The summed E-state index contributed by atoms with van der Waals surface area (Å²) in [6.45, 7) is 2.41. The summed E-state index contributed by atoms with van der Waals surface area (Å²) in [4.78, 5) is 155. The lowest BCUT2D eigenvalue weighted by atomic mass is 9.96. The molecule has 0 aliphatic carbocycles. The van der Waals surface area contributed by atoms with Gasteiger partial charge in [-0.25, -0.2) is 4.79 Å². The monoisotopic (exact) mass is 977 g/mol. The second kappa shape index (κ2) is 28.0. The van der Waals surface area contributed by atoms with E-state index in [4.69, 9.17) is 22.9 Å². The Morgan fingerprint density at radius 2 is 1.16 bits per heavy atom. The number of rotatable bonds is 30. The zero-order valence-corrected chi connectivity index (χ0v) is 38.1. The van der Waals surface area contributed by atoms with Crippen molar-refractivity contribution in [3.63, 3.8) is 0 Å². The molecule has 0 saturated carbocycles. The van der Waals surface area contributed by atoms with Crippen LogP contribution in [0.25, 0.3) is 0 Å². The molecule has 0 spiro atoms.